The summed E-state index contributed by atoms with van der Waals surface area (Å²) in [7, 11) is 0. The molecule has 0 radical (unpaired) electrons. The van der Waals surface area contributed by atoms with Gasteiger partial charge in [-0.2, -0.15) is 0 Å². The zero-order valence-electron chi connectivity index (χ0n) is 13.1. The quantitative estimate of drug-likeness (QED) is 0.669. The summed E-state index contributed by atoms with van der Waals surface area (Å²) in [5, 5.41) is 9.91. The first-order valence-electron chi connectivity index (χ1n) is 7.46. The van der Waals surface area contributed by atoms with Crippen molar-refractivity contribution in [2.24, 2.45) is 0 Å². The summed E-state index contributed by atoms with van der Waals surface area (Å²) in [5.74, 6) is 0.358. The van der Waals surface area contributed by atoms with Crippen LogP contribution in [0.5, 0.6) is 5.75 Å². The number of para-hydroxylation sites is 1. The second kappa shape index (κ2) is 7.46. The van der Waals surface area contributed by atoms with Gasteiger partial charge in [0.05, 0.1) is 0 Å². The molecule has 0 amide bonds. The molecule has 3 rings (SSSR count). The van der Waals surface area contributed by atoms with Gasteiger partial charge in [-0.15, -0.1) is 0 Å². The molecular formula is C21H22O. The Labute approximate surface area is 132 Å². The highest BCUT2D eigenvalue weighted by atomic mass is 16.3. The standard InChI is InChI=1S/C15H16O.C6H6/c1-15(2,12-8-4-3-5-9-12)13-10-6-7-11-14(13)16;1-2-4-6-5-3-1/h3-11,16H,1-2H3;1-6H. The lowest BCUT2D eigenvalue weighted by Gasteiger charge is -2.26. The van der Waals surface area contributed by atoms with Crippen LogP contribution < -0.4 is 0 Å². The van der Waals surface area contributed by atoms with Crippen LogP contribution in [0, 0.1) is 0 Å². The van der Waals surface area contributed by atoms with Gasteiger partial charge in [0.2, 0.25) is 0 Å². The highest BCUT2D eigenvalue weighted by Crippen LogP contribution is 2.36. The average Bonchev–Trinajstić information content (AvgIpc) is 2.58. The van der Waals surface area contributed by atoms with E-state index in [9.17, 15) is 5.11 Å². The molecule has 1 nitrogen and oxygen atoms in total. The predicted octanol–water partition coefficient (Wildman–Crippen LogP) is 5.40. The highest BCUT2D eigenvalue weighted by Gasteiger charge is 2.25. The lowest BCUT2D eigenvalue weighted by molar-refractivity contribution is 0.453. The van der Waals surface area contributed by atoms with Gasteiger partial charge in [0.25, 0.3) is 0 Å². The van der Waals surface area contributed by atoms with Gasteiger partial charge in [-0.05, 0) is 11.6 Å². The van der Waals surface area contributed by atoms with Crippen LogP contribution in [0.2, 0.25) is 0 Å². The normalized spacial score (nSPS) is 10.5. The van der Waals surface area contributed by atoms with Gasteiger partial charge >= 0.3 is 0 Å². The Kier molecular flexibility index (Phi) is 5.37. The summed E-state index contributed by atoms with van der Waals surface area (Å²) >= 11 is 0. The second-order valence-electron chi connectivity index (χ2n) is 5.66. The van der Waals surface area contributed by atoms with Crippen LogP contribution >= 0.6 is 0 Å². The van der Waals surface area contributed by atoms with Crippen LogP contribution in [0.25, 0.3) is 0 Å². The maximum atomic E-state index is 9.91. The summed E-state index contributed by atoms with van der Waals surface area (Å²) < 4.78 is 0. The second-order valence-corrected chi connectivity index (χ2v) is 5.66. The zero-order valence-corrected chi connectivity index (χ0v) is 13.1. The third kappa shape index (κ3) is 3.98. The third-order valence-electron chi connectivity index (χ3n) is 3.74. The molecule has 0 saturated heterocycles. The monoisotopic (exact) mass is 290 g/mol. The number of hydrogen-bond acceptors (Lipinski definition) is 1. The van der Waals surface area contributed by atoms with E-state index in [0.717, 1.165) is 5.56 Å². The molecule has 0 unspecified atom stereocenters. The smallest absolute Gasteiger partial charge is 0.119 e. The first-order chi connectivity index (χ1) is 10.6. The topological polar surface area (TPSA) is 20.2 Å². The van der Waals surface area contributed by atoms with E-state index in [2.05, 4.69) is 26.0 Å². The van der Waals surface area contributed by atoms with Crippen LogP contribution in [0.1, 0.15) is 25.0 Å². The van der Waals surface area contributed by atoms with E-state index in [1.54, 1.807) is 6.07 Å². The summed E-state index contributed by atoms with van der Waals surface area (Å²) in [4.78, 5) is 0. The van der Waals surface area contributed by atoms with Crippen molar-refractivity contribution < 1.29 is 5.11 Å². The van der Waals surface area contributed by atoms with Gasteiger partial charge in [0, 0.05) is 11.0 Å². The fourth-order valence-electron chi connectivity index (χ4n) is 2.40. The summed E-state index contributed by atoms with van der Waals surface area (Å²) in [6.45, 7) is 4.24. The van der Waals surface area contributed by atoms with Crippen LogP contribution in [0.3, 0.4) is 0 Å². The minimum absolute atomic E-state index is 0.174. The van der Waals surface area contributed by atoms with Crippen LogP contribution in [0.4, 0.5) is 0 Å². The Balaban J connectivity index is 0.000000246. The Morgan fingerprint density at radius 1 is 0.591 bits per heavy atom. The number of benzene rings is 3. The van der Waals surface area contributed by atoms with Crippen molar-refractivity contribution in [3.05, 3.63) is 102 Å². The van der Waals surface area contributed by atoms with Crippen molar-refractivity contribution in [1.29, 1.82) is 0 Å². The molecule has 0 spiro atoms. The van der Waals surface area contributed by atoms with E-state index in [0.29, 0.717) is 5.75 Å². The molecule has 0 aliphatic carbocycles. The first kappa shape index (κ1) is 15.8. The van der Waals surface area contributed by atoms with E-state index >= 15 is 0 Å². The number of aromatic hydroxyl groups is 1. The Morgan fingerprint density at radius 3 is 1.50 bits per heavy atom. The molecule has 3 aromatic carbocycles. The van der Waals surface area contributed by atoms with Gasteiger partial charge < -0.3 is 5.11 Å². The third-order valence-corrected chi connectivity index (χ3v) is 3.74. The van der Waals surface area contributed by atoms with E-state index in [1.165, 1.54) is 5.56 Å². The van der Waals surface area contributed by atoms with Crippen LogP contribution in [-0.2, 0) is 5.41 Å². The van der Waals surface area contributed by atoms with E-state index < -0.39 is 0 Å². The molecule has 0 bridgehead atoms. The average molecular weight is 290 g/mol. The fraction of sp³-hybridized carbons (Fsp3) is 0.143. The van der Waals surface area contributed by atoms with Crippen LogP contribution in [-0.4, -0.2) is 5.11 Å². The molecule has 0 saturated carbocycles. The van der Waals surface area contributed by atoms with Crippen molar-refractivity contribution in [2.45, 2.75) is 19.3 Å². The minimum Gasteiger partial charge on any atom is -0.508 e. The molecule has 3 aromatic rings. The van der Waals surface area contributed by atoms with Crippen molar-refractivity contribution in [2.75, 3.05) is 0 Å². The van der Waals surface area contributed by atoms with E-state index in [1.807, 2.05) is 72.8 Å². The number of rotatable bonds is 2. The maximum absolute atomic E-state index is 9.91. The SMILES string of the molecule is CC(C)(c1ccccc1)c1ccccc1O.c1ccccc1. The summed E-state index contributed by atoms with van der Waals surface area (Å²) in [5.41, 5.74) is 1.99. The molecule has 22 heavy (non-hydrogen) atoms. The molecular weight excluding hydrogens is 268 g/mol. The van der Waals surface area contributed by atoms with Crippen molar-refractivity contribution >= 4 is 0 Å². The lowest BCUT2D eigenvalue weighted by Crippen LogP contribution is -2.18. The van der Waals surface area contributed by atoms with Gasteiger partial charge in [0.1, 0.15) is 5.75 Å². The predicted molar refractivity (Wildman–Crippen MR) is 93.1 cm³/mol. The number of hydrogen-bond donors (Lipinski definition) is 1. The van der Waals surface area contributed by atoms with Crippen LogP contribution in [0.15, 0.2) is 91.0 Å². The largest absolute Gasteiger partial charge is 0.508 e. The first-order valence-corrected chi connectivity index (χ1v) is 7.46. The molecule has 1 N–H and O–H groups in total. The molecule has 0 aliphatic rings. The van der Waals surface area contributed by atoms with Gasteiger partial charge in [-0.3, -0.25) is 0 Å². The number of phenols is 1. The van der Waals surface area contributed by atoms with Crippen molar-refractivity contribution in [3.63, 3.8) is 0 Å². The van der Waals surface area contributed by atoms with E-state index in [4.69, 9.17) is 0 Å². The Bertz CT molecular complexity index is 646. The van der Waals surface area contributed by atoms with Crippen molar-refractivity contribution in [3.8, 4) is 5.75 Å². The molecule has 0 heterocycles. The van der Waals surface area contributed by atoms with Gasteiger partial charge in [-0.25, -0.2) is 0 Å². The summed E-state index contributed by atoms with van der Waals surface area (Å²) in [6.07, 6.45) is 0. The van der Waals surface area contributed by atoms with Gasteiger partial charge in [0.15, 0.2) is 0 Å². The number of phenolic OH excluding ortho intramolecular Hbond substituents is 1. The molecule has 0 fully saturated rings. The molecule has 1 heteroatoms. The Hall–Kier alpha value is -2.54. The molecule has 0 atom stereocenters. The molecule has 0 aromatic heterocycles. The fourth-order valence-corrected chi connectivity index (χ4v) is 2.40. The minimum atomic E-state index is -0.174. The van der Waals surface area contributed by atoms with E-state index in [-0.39, 0.29) is 5.41 Å². The molecule has 0 aliphatic heterocycles. The van der Waals surface area contributed by atoms with Crippen molar-refractivity contribution in [1.82, 2.24) is 0 Å². The lowest BCUT2D eigenvalue weighted by atomic mass is 9.78. The van der Waals surface area contributed by atoms with Gasteiger partial charge in [-0.1, -0.05) is 98.8 Å². The molecule has 112 valence electrons. The highest BCUT2D eigenvalue weighted by molar-refractivity contribution is 5.44. The maximum Gasteiger partial charge on any atom is 0.119 e. The summed E-state index contributed by atoms with van der Waals surface area (Å²) in [6, 6.07) is 29.7. The Morgan fingerprint density at radius 2 is 1.00 bits per heavy atom. The zero-order chi connectivity index (χ0) is 15.8.